The van der Waals surface area contributed by atoms with Crippen molar-refractivity contribution in [1.29, 1.82) is 0 Å². The molecular formula is C14H22N2. The van der Waals surface area contributed by atoms with E-state index in [2.05, 4.69) is 43.1 Å². The summed E-state index contributed by atoms with van der Waals surface area (Å²) in [5, 5.41) is 0. The molecule has 1 aliphatic rings. The number of rotatable bonds is 4. The molecular weight excluding hydrogens is 196 g/mol. The minimum absolute atomic E-state index is 0.244. The van der Waals surface area contributed by atoms with E-state index < -0.39 is 0 Å². The van der Waals surface area contributed by atoms with Gasteiger partial charge in [-0.25, -0.2) is 0 Å². The molecule has 2 heteroatoms. The first-order chi connectivity index (χ1) is 7.59. The number of benzene rings is 1. The molecule has 0 bridgehead atoms. The van der Waals surface area contributed by atoms with Crippen molar-refractivity contribution in [2.45, 2.75) is 37.8 Å². The van der Waals surface area contributed by atoms with Crippen LogP contribution in [0, 0.1) is 0 Å². The normalized spacial score (nSPS) is 20.5. The van der Waals surface area contributed by atoms with Gasteiger partial charge in [-0.1, -0.05) is 36.8 Å². The SMILES string of the molecule is CN(CC(C)(N)c1ccccc1)C1CCC1. The van der Waals surface area contributed by atoms with Crippen LogP contribution < -0.4 is 5.73 Å². The zero-order valence-corrected chi connectivity index (χ0v) is 10.3. The Morgan fingerprint density at radius 3 is 2.44 bits per heavy atom. The molecule has 1 unspecified atom stereocenters. The second kappa shape index (κ2) is 4.56. The lowest BCUT2D eigenvalue weighted by molar-refractivity contribution is 0.131. The number of hydrogen-bond acceptors (Lipinski definition) is 2. The summed E-state index contributed by atoms with van der Waals surface area (Å²) < 4.78 is 0. The molecule has 1 aromatic rings. The standard InChI is InChI=1S/C14H22N2/c1-14(15,12-7-4-3-5-8-12)11-16(2)13-9-6-10-13/h3-5,7-8,13H,6,9-11,15H2,1-2H3. The summed E-state index contributed by atoms with van der Waals surface area (Å²) in [5.74, 6) is 0. The monoisotopic (exact) mass is 218 g/mol. The lowest BCUT2D eigenvalue weighted by Crippen LogP contribution is -2.49. The third kappa shape index (κ3) is 2.45. The molecule has 2 rings (SSSR count). The Morgan fingerprint density at radius 1 is 1.31 bits per heavy atom. The Hall–Kier alpha value is -0.860. The van der Waals surface area contributed by atoms with E-state index in [0.29, 0.717) is 0 Å². The van der Waals surface area contributed by atoms with Gasteiger partial charge in [0.15, 0.2) is 0 Å². The molecule has 1 aromatic carbocycles. The van der Waals surface area contributed by atoms with Gasteiger partial charge >= 0.3 is 0 Å². The first-order valence-electron chi connectivity index (χ1n) is 6.14. The highest BCUT2D eigenvalue weighted by Crippen LogP contribution is 2.26. The molecule has 16 heavy (non-hydrogen) atoms. The highest BCUT2D eigenvalue weighted by Gasteiger charge is 2.28. The molecule has 2 nitrogen and oxygen atoms in total. The van der Waals surface area contributed by atoms with E-state index in [4.69, 9.17) is 5.73 Å². The van der Waals surface area contributed by atoms with Crippen LogP contribution in [-0.4, -0.2) is 24.5 Å². The van der Waals surface area contributed by atoms with Gasteiger partial charge in [-0.2, -0.15) is 0 Å². The zero-order chi connectivity index (χ0) is 11.6. The van der Waals surface area contributed by atoms with Crippen LogP contribution in [-0.2, 0) is 5.54 Å². The molecule has 0 heterocycles. The fourth-order valence-electron chi connectivity index (χ4n) is 2.38. The Morgan fingerprint density at radius 2 is 1.94 bits per heavy atom. The van der Waals surface area contributed by atoms with Crippen LogP contribution in [0.1, 0.15) is 31.7 Å². The van der Waals surface area contributed by atoms with E-state index >= 15 is 0 Å². The summed E-state index contributed by atoms with van der Waals surface area (Å²) in [4.78, 5) is 2.41. The molecule has 88 valence electrons. The third-order valence-electron chi connectivity index (χ3n) is 3.71. The fourth-order valence-corrected chi connectivity index (χ4v) is 2.38. The lowest BCUT2D eigenvalue weighted by Gasteiger charge is -2.39. The average Bonchev–Trinajstić information content (AvgIpc) is 2.15. The van der Waals surface area contributed by atoms with Crippen LogP contribution in [0.15, 0.2) is 30.3 Å². The number of nitrogens with zero attached hydrogens (tertiary/aromatic N) is 1. The molecule has 0 saturated heterocycles. The Bertz CT molecular complexity index is 328. The summed E-state index contributed by atoms with van der Waals surface area (Å²) in [6, 6.07) is 11.2. The van der Waals surface area contributed by atoms with Gasteiger partial charge in [-0.05, 0) is 32.4 Å². The summed E-state index contributed by atoms with van der Waals surface area (Å²) in [6.45, 7) is 3.05. The molecule has 0 aliphatic heterocycles. The van der Waals surface area contributed by atoms with Gasteiger partial charge in [0.05, 0.1) is 5.54 Å². The Balaban J connectivity index is 2.01. The maximum atomic E-state index is 6.41. The van der Waals surface area contributed by atoms with Gasteiger partial charge in [0.25, 0.3) is 0 Å². The largest absolute Gasteiger partial charge is 0.321 e. The van der Waals surface area contributed by atoms with Crippen molar-refractivity contribution in [2.24, 2.45) is 5.73 Å². The van der Waals surface area contributed by atoms with Crippen molar-refractivity contribution in [2.75, 3.05) is 13.6 Å². The number of nitrogens with two attached hydrogens (primary N) is 1. The van der Waals surface area contributed by atoms with E-state index in [1.807, 2.05) is 6.07 Å². The molecule has 2 N–H and O–H groups in total. The van der Waals surface area contributed by atoms with Gasteiger partial charge in [0.1, 0.15) is 0 Å². The highest BCUT2D eigenvalue weighted by atomic mass is 15.2. The molecule has 0 aromatic heterocycles. The van der Waals surface area contributed by atoms with Crippen LogP contribution >= 0.6 is 0 Å². The minimum Gasteiger partial charge on any atom is -0.321 e. The third-order valence-corrected chi connectivity index (χ3v) is 3.71. The smallest absolute Gasteiger partial charge is 0.0509 e. The first kappa shape index (κ1) is 11.6. The van der Waals surface area contributed by atoms with Crippen LogP contribution in [0.25, 0.3) is 0 Å². The predicted octanol–water partition coefficient (Wildman–Crippen LogP) is 2.34. The van der Waals surface area contributed by atoms with Crippen LogP contribution in [0.5, 0.6) is 0 Å². The van der Waals surface area contributed by atoms with Crippen molar-refractivity contribution in [1.82, 2.24) is 4.90 Å². The van der Waals surface area contributed by atoms with Crippen molar-refractivity contribution < 1.29 is 0 Å². The van der Waals surface area contributed by atoms with E-state index in [1.54, 1.807) is 0 Å². The number of likely N-dealkylation sites (N-methyl/N-ethyl adjacent to an activating group) is 1. The topological polar surface area (TPSA) is 29.3 Å². The zero-order valence-electron chi connectivity index (χ0n) is 10.3. The highest BCUT2D eigenvalue weighted by molar-refractivity contribution is 5.23. The summed E-state index contributed by atoms with van der Waals surface area (Å²) >= 11 is 0. The van der Waals surface area contributed by atoms with Gasteiger partial charge in [0.2, 0.25) is 0 Å². The maximum Gasteiger partial charge on any atom is 0.0509 e. The molecule has 0 radical (unpaired) electrons. The minimum atomic E-state index is -0.244. The molecule has 0 amide bonds. The average molecular weight is 218 g/mol. The van der Waals surface area contributed by atoms with E-state index in [9.17, 15) is 0 Å². The summed E-state index contributed by atoms with van der Waals surface area (Å²) in [6.07, 6.45) is 4.05. The molecule has 1 aliphatic carbocycles. The fraction of sp³-hybridized carbons (Fsp3) is 0.571. The molecule has 0 spiro atoms. The van der Waals surface area contributed by atoms with Gasteiger partial charge in [0, 0.05) is 12.6 Å². The Kier molecular flexibility index (Phi) is 3.31. The van der Waals surface area contributed by atoms with Crippen LogP contribution in [0.4, 0.5) is 0 Å². The molecule has 1 fully saturated rings. The number of hydrogen-bond donors (Lipinski definition) is 1. The lowest BCUT2D eigenvalue weighted by atomic mass is 9.88. The Labute approximate surface area is 98.4 Å². The van der Waals surface area contributed by atoms with Crippen molar-refractivity contribution in [3.05, 3.63) is 35.9 Å². The second-order valence-corrected chi connectivity index (χ2v) is 5.28. The van der Waals surface area contributed by atoms with Gasteiger partial charge in [-0.15, -0.1) is 0 Å². The first-order valence-corrected chi connectivity index (χ1v) is 6.14. The van der Waals surface area contributed by atoms with E-state index in [-0.39, 0.29) is 5.54 Å². The maximum absolute atomic E-state index is 6.41. The van der Waals surface area contributed by atoms with Crippen LogP contribution in [0.3, 0.4) is 0 Å². The second-order valence-electron chi connectivity index (χ2n) is 5.28. The quantitative estimate of drug-likeness (QED) is 0.840. The summed E-state index contributed by atoms with van der Waals surface area (Å²) in [5.41, 5.74) is 7.39. The van der Waals surface area contributed by atoms with Gasteiger partial charge < -0.3 is 10.6 Å². The van der Waals surface area contributed by atoms with E-state index in [0.717, 1.165) is 12.6 Å². The van der Waals surface area contributed by atoms with Crippen molar-refractivity contribution in [3.63, 3.8) is 0 Å². The van der Waals surface area contributed by atoms with E-state index in [1.165, 1.54) is 24.8 Å². The van der Waals surface area contributed by atoms with Gasteiger partial charge in [-0.3, -0.25) is 0 Å². The predicted molar refractivity (Wildman–Crippen MR) is 68.3 cm³/mol. The molecule has 1 atom stereocenters. The van der Waals surface area contributed by atoms with Crippen LogP contribution in [0.2, 0.25) is 0 Å². The van der Waals surface area contributed by atoms with Crippen molar-refractivity contribution in [3.8, 4) is 0 Å². The summed E-state index contributed by atoms with van der Waals surface area (Å²) in [7, 11) is 2.19. The van der Waals surface area contributed by atoms with Crippen molar-refractivity contribution >= 4 is 0 Å². The molecule has 1 saturated carbocycles.